The van der Waals surface area contributed by atoms with Gasteiger partial charge in [-0.15, -0.1) is 11.3 Å². The second kappa shape index (κ2) is 6.86. The highest BCUT2D eigenvalue weighted by molar-refractivity contribution is 9.10. The van der Waals surface area contributed by atoms with Crippen LogP contribution in [0.4, 0.5) is 0 Å². The van der Waals surface area contributed by atoms with E-state index in [0.29, 0.717) is 10.7 Å². The van der Waals surface area contributed by atoms with Crippen molar-refractivity contribution in [1.29, 1.82) is 0 Å². The molecule has 2 aromatic rings. The highest BCUT2D eigenvalue weighted by atomic mass is 79.9. The van der Waals surface area contributed by atoms with Crippen molar-refractivity contribution in [2.75, 3.05) is 0 Å². The topological polar surface area (TPSA) is 84.2 Å². The molecule has 0 aliphatic carbocycles. The van der Waals surface area contributed by atoms with Crippen LogP contribution in [0.25, 0.3) is 0 Å². The molecular weight excluding hydrogens is 358 g/mol. The molecule has 0 aromatic carbocycles. The first kappa shape index (κ1) is 15.7. The number of nitrogens with one attached hydrogen (secondary N) is 1. The van der Waals surface area contributed by atoms with Gasteiger partial charge in [0.2, 0.25) is 0 Å². The van der Waals surface area contributed by atoms with E-state index in [9.17, 15) is 9.59 Å². The van der Waals surface area contributed by atoms with Crippen LogP contribution in [0.3, 0.4) is 0 Å². The quantitative estimate of drug-likeness (QED) is 0.817. The normalized spacial score (nSPS) is 10.6. The van der Waals surface area contributed by atoms with Crippen molar-refractivity contribution in [3.8, 4) is 0 Å². The Bertz CT molecular complexity index is 665. The van der Waals surface area contributed by atoms with Crippen LogP contribution in [-0.4, -0.2) is 26.5 Å². The highest BCUT2D eigenvalue weighted by Gasteiger charge is 2.14. The summed E-state index contributed by atoms with van der Waals surface area (Å²) in [5.41, 5.74) is 0.570. The summed E-state index contributed by atoms with van der Waals surface area (Å²) in [6, 6.07) is 1.76. The zero-order valence-electron chi connectivity index (χ0n) is 11.3. The molecule has 0 fully saturated rings. The molecule has 2 heterocycles. The van der Waals surface area contributed by atoms with Gasteiger partial charge >= 0.3 is 5.97 Å². The number of carbonyl (C=O) groups is 2. The van der Waals surface area contributed by atoms with Gasteiger partial charge in [0.05, 0.1) is 6.54 Å². The van der Waals surface area contributed by atoms with E-state index in [0.717, 1.165) is 17.4 Å². The highest BCUT2D eigenvalue weighted by Crippen LogP contribution is 2.16. The number of hydrogen-bond donors (Lipinski definition) is 2. The van der Waals surface area contributed by atoms with Crippen LogP contribution in [0.5, 0.6) is 0 Å². The van der Waals surface area contributed by atoms with E-state index in [4.69, 9.17) is 5.11 Å². The molecule has 2 N–H and O–H groups in total. The predicted molar refractivity (Wildman–Crippen MR) is 82.7 cm³/mol. The fourth-order valence-corrected chi connectivity index (χ4v) is 3.00. The number of aromatic nitrogens is 2. The van der Waals surface area contributed by atoms with Crippen molar-refractivity contribution < 1.29 is 14.7 Å². The zero-order valence-corrected chi connectivity index (χ0v) is 13.7. The van der Waals surface area contributed by atoms with Gasteiger partial charge in [-0.05, 0) is 28.4 Å². The zero-order chi connectivity index (χ0) is 15.4. The molecule has 0 spiro atoms. The minimum Gasteiger partial charge on any atom is -0.476 e. The van der Waals surface area contributed by atoms with Crippen LogP contribution in [0.1, 0.15) is 39.3 Å². The first-order chi connectivity index (χ1) is 10.0. The summed E-state index contributed by atoms with van der Waals surface area (Å²) < 4.78 is 2.73. The Morgan fingerprint density at radius 3 is 2.90 bits per heavy atom. The lowest BCUT2D eigenvalue weighted by molar-refractivity contribution is 0.0691. The van der Waals surface area contributed by atoms with Crippen molar-refractivity contribution in [2.24, 2.45) is 0 Å². The molecule has 0 atom stereocenters. The minimum absolute atomic E-state index is 0.00125. The Kier molecular flexibility index (Phi) is 5.13. The van der Waals surface area contributed by atoms with Crippen molar-refractivity contribution in [2.45, 2.75) is 26.4 Å². The Hall–Kier alpha value is -1.67. The lowest BCUT2D eigenvalue weighted by Crippen LogP contribution is -2.25. The lowest BCUT2D eigenvalue weighted by atomic mass is 10.3. The number of nitrogens with zero attached hydrogens (tertiary/aromatic N) is 2. The monoisotopic (exact) mass is 371 g/mol. The van der Waals surface area contributed by atoms with Gasteiger partial charge in [-0.2, -0.15) is 0 Å². The average molecular weight is 372 g/mol. The van der Waals surface area contributed by atoms with E-state index < -0.39 is 5.97 Å². The lowest BCUT2D eigenvalue weighted by Gasteiger charge is -2.07. The first-order valence-corrected chi connectivity index (χ1v) is 8.00. The standard InChI is InChI=1S/C13H14BrN3O3S/c1-2-3-17-6-8(14)4-10(17)12(18)15-5-11-16-9(7-21-11)13(19)20/h4,6-7H,2-3,5H2,1H3,(H,15,18)(H,19,20). The van der Waals surface area contributed by atoms with Gasteiger partial charge in [0.15, 0.2) is 5.69 Å². The van der Waals surface area contributed by atoms with Crippen LogP contribution >= 0.6 is 27.3 Å². The molecule has 112 valence electrons. The van der Waals surface area contributed by atoms with Gasteiger partial charge < -0.3 is 15.0 Å². The molecule has 0 bridgehead atoms. The van der Waals surface area contributed by atoms with E-state index in [1.807, 2.05) is 17.7 Å². The number of amides is 1. The van der Waals surface area contributed by atoms with Crippen LogP contribution in [0.15, 0.2) is 22.1 Å². The van der Waals surface area contributed by atoms with Gasteiger partial charge in [0, 0.05) is 22.6 Å². The van der Waals surface area contributed by atoms with Gasteiger partial charge in [0.25, 0.3) is 5.91 Å². The fourth-order valence-electron chi connectivity index (χ4n) is 1.83. The van der Waals surface area contributed by atoms with Crippen LogP contribution in [-0.2, 0) is 13.1 Å². The summed E-state index contributed by atoms with van der Waals surface area (Å²) in [5.74, 6) is -1.27. The SMILES string of the molecule is CCCn1cc(Br)cc1C(=O)NCc1nc(C(=O)O)cs1. The molecule has 0 aliphatic heterocycles. The maximum absolute atomic E-state index is 12.2. The fraction of sp³-hybridized carbons (Fsp3) is 0.308. The molecule has 1 amide bonds. The van der Waals surface area contributed by atoms with Crippen LogP contribution in [0.2, 0.25) is 0 Å². The summed E-state index contributed by atoms with van der Waals surface area (Å²) in [6.45, 7) is 3.01. The largest absolute Gasteiger partial charge is 0.476 e. The number of carbonyl (C=O) groups excluding carboxylic acids is 1. The maximum Gasteiger partial charge on any atom is 0.355 e. The van der Waals surface area contributed by atoms with Crippen molar-refractivity contribution in [3.63, 3.8) is 0 Å². The molecule has 0 saturated carbocycles. The summed E-state index contributed by atoms with van der Waals surface area (Å²) in [6.07, 6.45) is 2.79. The second-order valence-corrected chi connectivity index (χ2v) is 6.21. The van der Waals surface area contributed by atoms with Crippen molar-refractivity contribution in [1.82, 2.24) is 14.9 Å². The number of carboxylic acid groups (broad SMARTS) is 1. The van der Waals surface area contributed by atoms with E-state index in [1.54, 1.807) is 6.07 Å². The molecular formula is C13H14BrN3O3S. The molecule has 2 aromatic heterocycles. The Labute approximate surface area is 133 Å². The number of carboxylic acids is 1. The third-order valence-corrected chi connectivity index (χ3v) is 4.01. The minimum atomic E-state index is -1.07. The Morgan fingerprint density at radius 2 is 2.29 bits per heavy atom. The molecule has 6 nitrogen and oxygen atoms in total. The molecule has 0 unspecified atom stereocenters. The number of halogens is 1. The molecule has 0 aliphatic rings. The Morgan fingerprint density at radius 1 is 1.52 bits per heavy atom. The van der Waals surface area contributed by atoms with E-state index >= 15 is 0 Å². The second-order valence-electron chi connectivity index (χ2n) is 4.35. The third kappa shape index (κ3) is 3.92. The number of hydrogen-bond acceptors (Lipinski definition) is 4. The van der Waals surface area contributed by atoms with E-state index in [2.05, 4.69) is 26.2 Å². The van der Waals surface area contributed by atoms with E-state index in [-0.39, 0.29) is 18.1 Å². The first-order valence-electron chi connectivity index (χ1n) is 6.32. The number of aryl methyl sites for hydroxylation is 1. The van der Waals surface area contributed by atoms with Crippen LogP contribution < -0.4 is 5.32 Å². The van der Waals surface area contributed by atoms with Gasteiger partial charge in [-0.3, -0.25) is 4.79 Å². The number of rotatable bonds is 6. The summed E-state index contributed by atoms with van der Waals surface area (Å²) in [4.78, 5) is 26.8. The smallest absolute Gasteiger partial charge is 0.355 e. The average Bonchev–Trinajstić information content (AvgIpc) is 3.03. The van der Waals surface area contributed by atoms with Crippen molar-refractivity contribution in [3.05, 3.63) is 38.5 Å². The Balaban J connectivity index is 2.02. The molecule has 0 radical (unpaired) electrons. The van der Waals surface area contributed by atoms with Gasteiger partial charge in [-0.1, -0.05) is 6.92 Å². The van der Waals surface area contributed by atoms with Crippen molar-refractivity contribution >= 4 is 39.1 Å². The van der Waals surface area contributed by atoms with Crippen LogP contribution in [0, 0.1) is 0 Å². The molecule has 21 heavy (non-hydrogen) atoms. The third-order valence-electron chi connectivity index (χ3n) is 2.73. The number of thiazole rings is 1. The molecule has 2 rings (SSSR count). The number of aromatic carboxylic acids is 1. The summed E-state index contributed by atoms with van der Waals surface area (Å²) in [7, 11) is 0. The molecule has 8 heteroatoms. The summed E-state index contributed by atoms with van der Waals surface area (Å²) in [5, 5.41) is 13.6. The van der Waals surface area contributed by atoms with Gasteiger partial charge in [-0.25, -0.2) is 9.78 Å². The van der Waals surface area contributed by atoms with E-state index in [1.165, 1.54) is 16.7 Å². The molecule has 0 saturated heterocycles. The summed E-state index contributed by atoms with van der Waals surface area (Å²) >= 11 is 4.57. The maximum atomic E-state index is 12.2. The van der Waals surface area contributed by atoms with Gasteiger partial charge in [0.1, 0.15) is 10.7 Å². The predicted octanol–water partition coefficient (Wildman–Crippen LogP) is 2.75.